The molecule has 2 rings (SSSR count). The van der Waals surface area contributed by atoms with Crippen molar-refractivity contribution in [2.45, 2.75) is 33.2 Å². The van der Waals surface area contributed by atoms with Crippen molar-refractivity contribution < 1.29 is 0 Å². The van der Waals surface area contributed by atoms with E-state index in [0.29, 0.717) is 12.5 Å². The first-order chi connectivity index (χ1) is 8.04. The van der Waals surface area contributed by atoms with Gasteiger partial charge in [-0.3, -0.25) is 4.68 Å². The maximum absolute atomic E-state index is 5.77. The Balaban J connectivity index is 2.52. The first-order valence-corrected chi connectivity index (χ1v) is 5.83. The van der Waals surface area contributed by atoms with Gasteiger partial charge in [0.1, 0.15) is 0 Å². The SMILES string of the molecule is Cc1nn(C)c(-n2ccc(C(C)C)n2)c1CN. The topological polar surface area (TPSA) is 61.7 Å². The average molecular weight is 233 g/mol. The molecule has 0 aromatic carbocycles. The van der Waals surface area contributed by atoms with Gasteiger partial charge in [-0.25, -0.2) is 4.68 Å². The number of rotatable bonds is 3. The van der Waals surface area contributed by atoms with Gasteiger partial charge in [0.2, 0.25) is 0 Å². The lowest BCUT2D eigenvalue weighted by Gasteiger charge is -2.05. The second-order valence-corrected chi connectivity index (χ2v) is 4.56. The maximum atomic E-state index is 5.77. The van der Waals surface area contributed by atoms with E-state index in [9.17, 15) is 0 Å². The second kappa shape index (κ2) is 4.33. The predicted molar refractivity (Wildman–Crippen MR) is 67.0 cm³/mol. The van der Waals surface area contributed by atoms with Crippen LogP contribution in [-0.2, 0) is 13.6 Å². The van der Waals surface area contributed by atoms with Crippen LogP contribution in [0.3, 0.4) is 0 Å². The van der Waals surface area contributed by atoms with Gasteiger partial charge in [0.05, 0.1) is 11.4 Å². The van der Waals surface area contributed by atoms with E-state index in [4.69, 9.17) is 5.73 Å². The highest BCUT2D eigenvalue weighted by molar-refractivity contribution is 5.37. The summed E-state index contributed by atoms with van der Waals surface area (Å²) in [6, 6.07) is 2.04. The quantitative estimate of drug-likeness (QED) is 0.873. The third-order valence-electron chi connectivity index (χ3n) is 2.94. The van der Waals surface area contributed by atoms with Crippen LogP contribution in [0.25, 0.3) is 5.82 Å². The summed E-state index contributed by atoms with van der Waals surface area (Å²) in [7, 11) is 1.91. The summed E-state index contributed by atoms with van der Waals surface area (Å²) in [5, 5.41) is 8.95. The van der Waals surface area contributed by atoms with Crippen LogP contribution in [0.1, 0.15) is 36.7 Å². The molecule has 0 atom stereocenters. The van der Waals surface area contributed by atoms with E-state index in [1.807, 2.05) is 35.6 Å². The first-order valence-electron chi connectivity index (χ1n) is 5.83. The van der Waals surface area contributed by atoms with E-state index < -0.39 is 0 Å². The van der Waals surface area contributed by atoms with Gasteiger partial charge in [0.25, 0.3) is 0 Å². The van der Waals surface area contributed by atoms with Crippen molar-refractivity contribution in [3.63, 3.8) is 0 Å². The van der Waals surface area contributed by atoms with Crippen LogP contribution in [0.5, 0.6) is 0 Å². The fourth-order valence-electron chi connectivity index (χ4n) is 1.98. The van der Waals surface area contributed by atoms with Gasteiger partial charge in [-0.05, 0) is 18.9 Å². The number of hydrogen-bond donors (Lipinski definition) is 1. The van der Waals surface area contributed by atoms with E-state index in [2.05, 4.69) is 24.0 Å². The minimum Gasteiger partial charge on any atom is -0.326 e. The van der Waals surface area contributed by atoms with Gasteiger partial charge < -0.3 is 5.73 Å². The van der Waals surface area contributed by atoms with Gasteiger partial charge >= 0.3 is 0 Å². The molecule has 2 heterocycles. The molecule has 17 heavy (non-hydrogen) atoms. The molecular weight excluding hydrogens is 214 g/mol. The van der Waals surface area contributed by atoms with Crippen LogP contribution < -0.4 is 5.73 Å². The lowest BCUT2D eigenvalue weighted by molar-refractivity contribution is 0.677. The van der Waals surface area contributed by atoms with Crippen molar-refractivity contribution in [1.82, 2.24) is 19.6 Å². The fraction of sp³-hybridized carbons (Fsp3) is 0.500. The molecule has 0 unspecified atom stereocenters. The highest BCUT2D eigenvalue weighted by Gasteiger charge is 2.15. The van der Waals surface area contributed by atoms with Crippen LogP contribution in [-0.4, -0.2) is 19.6 Å². The largest absolute Gasteiger partial charge is 0.326 e. The number of aryl methyl sites for hydroxylation is 2. The molecule has 0 aliphatic heterocycles. The van der Waals surface area contributed by atoms with E-state index in [1.165, 1.54) is 0 Å². The summed E-state index contributed by atoms with van der Waals surface area (Å²) in [5.41, 5.74) is 8.86. The van der Waals surface area contributed by atoms with Gasteiger partial charge in [-0.2, -0.15) is 10.2 Å². The highest BCUT2D eigenvalue weighted by Crippen LogP contribution is 2.18. The molecule has 0 aliphatic carbocycles. The normalized spacial score (nSPS) is 11.4. The lowest BCUT2D eigenvalue weighted by Crippen LogP contribution is -2.08. The molecule has 0 fully saturated rings. The van der Waals surface area contributed by atoms with Gasteiger partial charge in [-0.15, -0.1) is 0 Å². The molecule has 0 saturated heterocycles. The van der Waals surface area contributed by atoms with E-state index in [0.717, 1.165) is 22.8 Å². The molecule has 5 nitrogen and oxygen atoms in total. The summed E-state index contributed by atoms with van der Waals surface area (Å²) in [6.45, 7) is 6.71. The average Bonchev–Trinajstić information content (AvgIpc) is 2.82. The van der Waals surface area contributed by atoms with Crippen molar-refractivity contribution in [1.29, 1.82) is 0 Å². The molecule has 2 aromatic heterocycles. The Hall–Kier alpha value is -1.62. The van der Waals surface area contributed by atoms with Crippen LogP contribution in [0.2, 0.25) is 0 Å². The van der Waals surface area contributed by atoms with Crippen molar-refractivity contribution in [2.75, 3.05) is 0 Å². The standard InChI is InChI=1S/C12H19N5/c1-8(2)11-5-6-17(15-11)12-10(7-13)9(3)14-16(12)4/h5-6,8H,7,13H2,1-4H3. The van der Waals surface area contributed by atoms with Gasteiger partial charge in [0, 0.05) is 25.4 Å². The zero-order chi connectivity index (χ0) is 12.6. The molecule has 0 bridgehead atoms. The molecule has 92 valence electrons. The molecule has 0 spiro atoms. The molecule has 0 radical (unpaired) electrons. The molecular formula is C12H19N5. The van der Waals surface area contributed by atoms with Gasteiger partial charge in [-0.1, -0.05) is 13.8 Å². The lowest BCUT2D eigenvalue weighted by atomic mass is 10.1. The maximum Gasteiger partial charge on any atom is 0.156 e. The monoisotopic (exact) mass is 233 g/mol. The van der Waals surface area contributed by atoms with Crippen molar-refractivity contribution in [2.24, 2.45) is 12.8 Å². The highest BCUT2D eigenvalue weighted by atomic mass is 15.4. The Morgan fingerprint density at radius 3 is 2.59 bits per heavy atom. The fourth-order valence-corrected chi connectivity index (χ4v) is 1.98. The molecule has 2 N–H and O–H groups in total. The smallest absolute Gasteiger partial charge is 0.156 e. The van der Waals surface area contributed by atoms with Crippen molar-refractivity contribution in [3.8, 4) is 5.82 Å². The third-order valence-corrected chi connectivity index (χ3v) is 2.94. The first kappa shape index (κ1) is 11.9. The van der Waals surface area contributed by atoms with Crippen LogP contribution in [0.4, 0.5) is 0 Å². The summed E-state index contributed by atoms with van der Waals surface area (Å²) in [4.78, 5) is 0. The summed E-state index contributed by atoms with van der Waals surface area (Å²) in [6.07, 6.45) is 1.96. The molecule has 5 heteroatoms. The van der Waals surface area contributed by atoms with Crippen LogP contribution in [0, 0.1) is 6.92 Å². The zero-order valence-electron chi connectivity index (χ0n) is 10.8. The third kappa shape index (κ3) is 1.98. The Kier molecular flexibility index (Phi) is 3.02. The summed E-state index contributed by atoms with van der Waals surface area (Å²) >= 11 is 0. The second-order valence-electron chi connectivity index (χ2n) is 4.56. The number of nitrogens with two attached hydrogens (primary N) is 1. The van der Waals surface area contributed by atoms with Crippen LogP contribution in [0.15, 0.2) is 12.3 Å². The zero-order valence-corrected chi connectivity index (χ0v) is 10.8. The molecule has 0 saturated carbocycles. The molecule has 0 aliphatic rings. The minimum absolute atomic E-state index is 0.423. The minimum atomic E-state index is 0.423. The Bertz CT molecular complexity index is 521. The van der Waals surface area contributed by atoms with Crippen molar-refractivity contribution in [3.05, 3.63) is 29.2 Å². The van der Waals surface area contributed by atoms with E-state index >= 15 is 0 Å². The summed E-state index contributed by atoms with van der Waals surface area (Å²) < 4.78 is 3.69. The Morgan fingerprint density at radius 2 is 2.06 bits per heavy atom. The van der Waals surface area contributed by atoms with Gasteiger partial charge in [0.15, 0.2) is 5.82 Å². The van der Waals surface area contributed by atoms with Crippen LogP contribution >= 0.6 is 0 Å². The Labute approximate surface area is 101 Å². The molecule has 0 amide bonds. The molecule has 2 aromatic rings. The van der Waals surface area contributed by atoms with Crippen molar-refractivity contribution >= 4 is 0 Å². The number of hydrogen-bond acceptors (Lipinski definition) is 3. The number of nitrogens with zero attached hydrogens (tertiary/aromatic N) is 4. The summed E-state index contributed by atoms with van der Waals surface area (Å²) in [5.74, 6) is 1.38. The number of aromatic nitrogens is 4. The predicted octanol–water partition coefficient (Wildman–Crippen LogP) is 1.50. The van der Waals surface area contributed by atoms with E-state index in [-0.39, 0.29) is 0 Å². The Morgan fingerprint density at radius 1 is 1.35 bits per heavy atom. The van der Waals surface area contributed by atoms with E-state index in [1.54, 1.807) is 0 Å².